The Kier molecular flexibility index (Phi) is 3.78. The van der Waals surface area contributed by atoms with Crippen molar-refractivity contribution < 1.29 is 14.7 Å². The van der Waals surface area contributed by atoms with E-state index in [0.717, 1.165) is 25.9 Å². The molecule has 0 spiro atoms. The number of likely N-dealkylation sites (tertiary alicyclic amines) is 2. The maximum absolute atomic E-state index is 12.4. The van der Waals surface area contributed by atoms with Crippen LogP contribution in [0.5, 0.6) is 0 Å². The van der Waals surface area contributed by atoms with Gasteiger partial charge in [-0.05, 0) is 31.1 Å². The number of nitrogens with zero attached hydrogens (tertiary/aromatic N) is 2. The number of aliphatic carboxylic acids is 1. The van der Waals surface area contributed by atoms with E-state index >= 15 is 0 Å². The molecule has 102 valence electrons. The average Bonchev–Trinajstić information content (AvgIpc) is 2.75. The molecule has 3 unspecified atom stereocenters. The van der Waals surface area contributed by atoms with Crippen molar-refractivity contribution in [3.05, 3.63) is 0 Å². The zero-order valence-electron chi connectivity index (χ0n) is 11.1. The number of amides is 2. The second kappa shape index (κ2) is 5.16. The number of hydrogen-bond donors (Lipinski definition) is 1. The van der Waals surface area contributed by atoms with Gasteiger partial charge >= 0.3 is 12.0 Å². The maximum Gasteiger partial charge on any atom is 0.326 e. The van der Waals surface area contributed by atoms with Crippen molar-refractivity contribution in [2.24, 2.45) is 11.8 Å². The van der Waals surface area contributed by atoms with Gasteiger partial charge in [-0.25, -0.2) is 9.59 Å². The highest BCUT2D eigenvalue weighted by Gasteiger charge is 2.37. The second-order valence-electron chi connectivity index (χ2n) is 5.82. The molecule has 2 rings (SSSR count). The van der Waals surface area contributed by atoms with Crippen LogP contribution in [-0.4, -0.2) is 52.6 Å². The molecule has 2 aliphatic rings. The first kappa shape index (κ1) is 13.2. The fraction of sp³-hybridized carbons (Fsp3) is 0.846. The van der Waals surface area contributed by atoms with E-state index in [2.05, 4.69) is 13.8 Å². The third kappa shape index (κ3) is 2.60. The predicted octanol–water partition coefficient (Wildman–Crippen LogP) is 1.63. The molecule has 2 heterocycles. The molecule has 0 aromatic carbocycles. The fourth-order valence-corrected chi connectivity index (χ4v) is 3.25. The van der Waals surface area contributed by atoms with Crippen molar-refractivity contribution in [1.29, 1.82) is 0 Å². The van der Waals surface area contributed by atoms with Gasteiger partial charge in [0.25, 0.3) is 0 Å². The molecule has 2 aliphatic heterocycles. The topological polar surface area (TPSA) is 60.9 Å². The number of rotatable bonds is 1. The summed E-state index contributed by atoms with van der Waals surface area (Å²) >= 11 is 0. The summed E-state index contributed by atoms with van der Waals surface area (Å²) in [5.74, 6) is 0.131. The Balaban J connectivity index is 2.04. The largest absolute Gasteiger partial charge is 0.480 e. The van der Waals surface area contributed by atoms with Crippen LogP contribution in [0.2, 0.25) is 0 Å². The third-order valence-corrected chi connectivity index (χ3v) is 3.92. The van der Waals surface area contributed by atoms with Crippen LogP contribution in [0.15, 0.2) is 0 Å². The summed E-state index contributed by atoms with van der Waals surface area (Å²) in [6.45, 7) is 6.39. The van der Waals surface area contributed by atoms with Crippen LogP contribution in [0, 0.1) is 11.8 Å². The molecule has 2 saturated heterocycles. The summed E-state index contributed by atoms with van der Waals surface area (Å²) in [5.41, 5.74) is 0. The first-order valence-electron chi connectivity index (χ1n) is 6.77. The van der Waals surface area contributed by atoms with E-state index < -0.39 is 12.0 Å². The maximum atomic E-state index is 12.4. The van der Waals surface area contributed by atoms with E-state index in [-0.39, 0.29) is 6.03 Å². The van der Waals surface area contributed by atoms with Crippen LogP contribution in [0.25, 0.3) is 0 Å². The van der Waals surface area contributed by atoms with E-state index in [1.807, 2.05) is 4.90 Å². The summed E-state index contributed by atoms with van der Waals surface area (Å²) in [6, 6.07) is -0.705. The quantitative estimate of drug-likeness (QED) is 0.773. The first-order chi connectivity index (χ1) is 8.49. The molecule has 1 N–H and O–H groups in total. The van der Waals surface area contributed by atoms with Gasteiger partial charge in [0.1, 0.15) is 6.04 Å². The Morgan fingerprint density at radius 1 is 1.17 bits per heavy atom. The van der Waals surface area contributed by atoms with Crippen molar-refractivity contribution in [3.8, 4) is 0 Å². The van der Waals surface area contributed by atoms with Crippen molar-refractivity contribution >= 4 is 12.0 Å². The molecule has 2 amide bonds. The van der Waals surface area contributed by atoms with Gasteiger partial charge in [0.05, 0.1) is 0 Å². The van der Waals surface area contributed by atoms with Crippen LogP contribution in [0.1, 0.15) is 33.1 Å². The molecule has 0 aromatic rings. The van der Waals surface area contributed by atoms with Crippen molar-refractivity contribution in [2.45, 2.75) is 39.2 Å². The van der Waals surface area contributed by atoms with Crippen molar-refractivity contribution in [3.63, 3.8) is 0 Å². The van der Waals surface area contributed by atoms with Gasteiger partial charge < -0.3 is 14.9 Å². The highest BCUT2D eigenvalue weighted by Crippen LogP contribution is 2.25. The minimum atomic E-state index is -0.876. The highest BCUT2D eigenvalue weighted by atomic mass is 16.4. The highest BCUT2D eigenvalue weighted by molar-refractivity contribution is 5.83. The monoisotopic (exact) mass is 254 g/mol. The normalized spacial score (nSPS) is 32.7. The molecule has 0 aliphatic carbocycles. The lowest BCUT2D eigenvalue weighted by molar-refractivity contribution is -0.141. The smallest absolute Gasteiger partial charge is 0.326 e. The number of carbonyl (C=O) groups is 2. The molecule has 0 radical (unpaired) electrons. The van der Waals surface area contributed by atoms with Gasteiger partial charge in [-0.2, -0.15) is 0 Å². The van der Waals surface area contributed by atoms with Crippen molar-refractivity contribution in [2.75, 3.05) is 19.6 Å². The number of piperidine rings is 1. The van der Waals surface area contributed by atoms with E-state index in [9.17, 15) is 9.59 Å². The molecule has 0 aromatic heterocycles. The summed E-state index contributed by atoms with van der Waals surface area (Å²) in [7, 11) is 0. The van der Waals surface area contributed by atoms with Gasteiger partial charge in [0, 0.05) is 19.6 Å². The van der Waals surface area contributed by atoms with Crippen LogP contribution in [0.4, 0.5) is 4.79 Å². The minimum absolute atomic E-state index is 0.0849. The molecule has 0 saturated carbocycles. The van der Waals surface area contributed by atoms with Gasteiger partial charge in [0.2, 0.25) is 0 Å². The van der Waals surface area contributed by atoms with E-state index in [1.54, 1.807) is 0 Å². The minimum Gasteiger partial charge on any atom is -0.480 e. The molecule has 2 fully saturated rings. The molecule has 5 nitrogen and oxygen atoms in total. The molecule has 3 atom stereocenters. The van der Waals surface area contributed by atoms with E-state index in [4.69, 9.17) is 5.11 Å². The summed E-state index contributed by atoms with van der Waals surface area (Å²) in [4.78, 5) is 26.9. The van der Waals surface area contributed by atoms with Crippen molar-refractivity contribution in [1.82, 2.24) is 9.80 Å². The SMILES string of the molecule is CC1CC(C)CN(C(=O)N2CCCC2C(=O)O)C1. The first-order valence-corrected chi connectivity index (χ1v) is 6.77. The summed E-state index contributed by atoms with van der Waals surface area (Å²) in [6.07, 6.45) is 2.52. The number of carboxylic acid groups (broad SMARTS) is 1. The Labute approximate surface area is 108 Å². The zero-order valence-corrected chi connectivity index (χ0v) is 11.1. The lowest BCUT2D eigenvalue weighted by Crippen LogP contribution is -2.52. The molecular weight excluding hydrogens is 232 g/mol. The number of carbonyl (C=O) groups excluding carboxylic acids is 1. The lowest BCUT2D eigenvalue weighted by atomic mass is 9.92. The number of urea groups is 1. The Bertz CT molecular complexity index is 335. The second-order valence-corrected chi connectivity index (χ2v) is 5.82. The molecule has 5 heteroatoms. The van der Waals surface area contributed by atoms with Crippen LogP contribution in [-0.2, 0) is 4.79 Å². The summed E-state index contributed by atoms with van der Waals surface area (Å²) < 4.78 is 0. The number of carboxylic acids is 1. The Morgan fingerprint density at radius 3 is 2.33 bits per heavy atom. The molecular formula is C13H22N2O3. The average molecular weight is 254 g/mol. The lowest BCUT2D eigenvalue weighted by Gasteiger charge is -2.38. The van der Waals surface area contributed by atoms with Gasteiger partial charge in [-0.1, -0.05) is 13.8 Å². The molecule has 0 bridgehead atoms. The van der Waals surface area contributed by atoms with Gasteiger partial charge in [0.15, 0.2) is 0 Å². The van der Waals surface area contributed by atoms with Crippen LogP contribution >= 0.6 is 0 Å². The number of hydrogen-bond acceptors (Lipinski definition) is 2. The molecule has 18 heavy (non-hydrogen) atoms. The Hall–Kier alpha value is -1.26. The fourth-order valence-electron chi connectivity index (χ4n) is 3.25. The third-order valence-electron chi connectivity index (χ3n) is 3.92. The standard InChI is InChI=1S/C13H22N2O3/c1-9-6-10(2)8-14(7-9)13(18)15-5-3-4-11(15)12(16)17/h9-11H,3-8H2,1-2H3,(H,16,17). The van der Waals surface area contributed by atoms with Gasteiger partial charge in [-0.15, -0.1) is 0 Å². The van der Waals surface area contributed by atoms with Crippen LogP contribution in [0.3, 0.4) is 0 Å². The van der Waals surface area contributed by atoms with E-state index in [1.165, 1.54) is 4.90 Å². The van der Waals surface area contributed by atoms with Gasteiger partial charge in [-0.3, -0.25) is 0 Å². The predicted molar refractivity (Wildman–Crippen MR) is 67.3 cm³/mol. The zero-order chi connectivity index (χ0) is 13.3. The summed E-state index contributed by atoms with van der Waals surface area (Å²) in [5, 5.41) is 9.12. The van der Waals surface area contributed by atoms with Crippen LogP contribution < -0.4 is 0 Å². The Morgan fingerprint density at radius 2 is 1.78 bits per heavy atom. The van der Waals surface area contributed by atoms with E-state index in [0.29, 0.717) is 24.8 Å².